The highest BCUT2D eigenvalue weighted by Crippen LogP contribution is 2.20. The predicted octanol–water partition coefficient (Wildman–Crippen LogP) is 5.41. The molecule has 0 spiro atoms. The first kappa shape index (κ1) is 22.8. The zero-order chi connectivity index (χ0) is 21.7. The Hall–Kier alpha value is -1.84. The number of hydrogen-bond acceptors (Lipinski definition) is 3. The van der Waals surface area contributed by atoms with Gasteiger partial charge in [0.15, 0.2) is 0 Å². The Balaban J connectivity index is 1.45. The van der Waals surface area contributed by atoms with Gasteiger partial charge in [0.2, 0.25) is 0 Å². The predicted molar refractivity (Wildman–Crippen MR) is 131 cm³/mol. The third kappa shape index (κ3) is 6.33. The van der Waals surface area contributed by atoms with E-state index in [4.69, 9.17) is 0 Å². The average molecular weight is 408 g/mol. The fourth-order valence-corrected chi connectivity index (χ4v) is 4.19. The molecular formula is C27H41N3. The van der Waals surface area contributed by atoms with Crippen LogP contribution in [-0.2, 0) is 13.0 Å². The Labute approximate surface area is 184 Å². The van der Waals surface area contributed by atoms with Gasteiger partial charge < -0.3 is 4.90 Å². The second-order valence-corrected chi connectivity index (χ2v) is 10.2. The molecule has 1 saturated heterocycles. The van der Waals surface area contributed by atoms with Crippen molar-refractivity contribution < 1.29 is 0 Å². The number of nitrogens with zero attached hydrogens (tertiary/aromatic N) is 3. The van der Waals surface area contributed by atoms with E-state index in [1.165, 1.54) is 48.6 Å². The highest BCUT2D eigenvalue weighted by atomic mass is 15.3. The van der Waals surface area contributed by atoms with E-state index >= 15 is 0 Å². The molecule has 0 radical (unpaired) electrons. The molecule has 2 aromatic carbocycles. The third-order valence-corrected chi connectivity index (χ3v) is 6.49. The average Bonchev–Trinajstić information content (AvgIpc) is 2.73. The highest BCUT2D eigenvalue weighted by Gasteiger charge is 2.25. The van der Waals surface area contributed by atoms with Crippen molar-refractivity contribution in [2.24, 2.45) is 0 Å². The summed E-state index contributed by atoms with van der Waals surface area (Å²) in [6.45, 7) is 18.2. The fourth-order valence-electron chi connectivity index (χ4n) is 4.19. The van der Waals surface area contributed by atoms with Crippen molar-refractivity contribution >= 4 is 5.69 Å². The Morgan fingerprint density at radius 3 is 1.93 bits per heavy atom. The maximum atomic E-state index is 2.60. The second kappa shape index (κ2) is 9.98. The number of hydrogen-bond donors (Lipinski definition) is 0. The summed E-state index contributed by atoms with van der Waals surface area (Å²) < 4.78 is 0. The largest absolute Gasteiger partial charge is 0.374 e. The standard InChI is InChI=1S/C27H41N3/c1-22(2)25-11-13-26(14-12-25)28(6)16-15-23-7-9-24(10-8-23)21-29-17-19-30(20-18-29)27(3,4)5/h7-14,22H,15-21H2,1-6H3. The maximum Gasteiger partial charge on any atom is 0.0363 e. The van der Waals surface area contributed by atoms with Crippen molar-refractivity contribution in [1.29, 1.82) is 0 Å². The lowest BCUT2D eigenvalue weighted by atomic mass is 10.0. The molecule has 0 aliphatic carbocycles. The van der Waals surface area contributed by atoms with Crippen LogP contribution in [0.15, 0.2) is 48.5 Å². The summed E-state index contributed by atoms with van der Waals surface area (Å²) in [6.07, 6.45) is 1.08. The molecule has 1 heterocycles. The van der Waals surface area contributed by atoms with E-state index in [1.807, 2.05) is 0 Å². The van der Waals surface area contributed by atoms with Gasteiger partial charge in [-0.2, -0.15) is 0 Å². The van der Waals surface area contributed by atoms with Crippen LogP contribution in [0.5, 0.6) is 0 Å². The SMILES string of the molecule is CC(C)c1ccc(N(C)CCc2ccc(CN3CCN(C(C)(C)C)CC3)cc2)cc1. The molecule has 1 aliphatic rings. The zero-order valence-electron chi connectivity index (χ0n) is 20.0. The van der Waals surface area contributed by atoms with E-state index in [9.17, 15) is 0 Å². The third-order valence-electron chi connectivity index (χ3n) is 6.49. The number of benzene rings is 2. The van der Waals surface area contributed by atoms with Crippen LogP contribution in [0.25, 0.3) is 0 Å². The molecule has 1 aliphatic heterocycles. The summed E-state index contributed by atoms with van der Waals surface area (Å²) in [7, 11) is 2.19. The molecule has 3 rings (SSSR count). The number of anilines is 1. The van der Waals surface area contributed by atoms with Crippen LogP contribution in [0.2, 0.25) is 0 Å². The van der Waals surface area contributed by atoms with Crippen LogP contribution < -0.4 is 4.90 Å². The second-order valence-electron chi connectivity index (χ2n) is 10.2. The zero-order valence-corrected chi connectivity index (χ0v) is 20.0. The van der Waals surface area contributed by atoms with Gasteiger partial charge >= 0.3 is 0 Å². The normalized spacial score (nSPS) is 16.2. The summed E-state index contributed by atoms with van der Waals surface area (Å²) in [5.41, 5.74) is 5.84. The van der Waals surface area contributed by atoms with Crippen molar-refractivity contribution in [3.63, 3.8) is 0 Å². The minimum Gasteiger partial charge on any atom is -0.374 e. The first-order valence-electron chi connectivity index (χ1n) is 11.6. The molecule has 0 bridgehead atoms. The fraction of sp³-hybridized carbons (Fsp3) is 0.556. The van der Waals surface area contributed by atoms with Crippen LogP contribution in [0.1, 0.15) is 57.2 Å². The van der Waals surface area contributed by atoms with Crippen LogP contribution in [0, 0.1) is 0 Å². The van der Waals surface area contributed by atoms with Crippen molar-refractivity contribution in [3.8, 4) is 0 Å². The van der Waals surface area contributed by atoms with Crippen LogP contribution in [0.4, 0.5) is 5.69 Å². The molecule has 2 aromatic rings. The van der Waals surface area contributed by atoms with Crippen LogP contribution in [0.3, 0.4) is 0 Å². The first-order chi connectivity index (χ1) is 14.2. The number of piperazine rings is 1. The van der Waals surface area contributed by atoms with Crippen LogP contribution in [-0.4, -0.2) is 55.1 Å². The molecule has 3 nitrogen and oxygen atoms in total. The van der Waals surface area contributed by atoms with E-state index in [0.717, 1.165) is 19.5 Å². The monoisotopic (exact) mass is 407 g/mol. The molecule has 0 saturated carbocycles. The molecule has 0 N–H and O–H groups in total. The van der Waals surface area contributed by atoms with Gasteiger partial charge in [0.05, 0.1) is 0 Å². The van der Waals surface area contributed by atoms with Gasteiger partial charge in [-0.3, -0.25) is 9.80 Å². The lowest BCUT2D eigenvalue weighted by molar-refractivity contribution is 0.0591. The lowest BCUT2D eigenvalue weighted by Gasteiger charge is -2.42. The van der Waals surface area contributed by atoms with Crippen LogP contribution >= 0.6 is 0 Å². The van der Waals surface area contributed by atoms with Gasteiger partial charge in [-0.25, -0.2) is 0 Å². The van der Waals surface area contributed by atoms with Gasteiger partial charge in [0, 0.05) is 57.5 Å². The first-order valence-corrected chi connectivity index (χ1v) is 11.6. The molecular weight excluding hydrogens is 366 g/mol. The highest BCUT2D eigenvalue weighted by molar-refractivity contribution is 5.47. The Bertz CT molecular complexity index is 763. The Morgan fingerprint density at radius 2 is 1.40 bits per heavy atom. The molecule has 0 atom stereocenters. The van der Waals surface area contributed by atoms with Crippen molar-refractivity contribution in [3.05, 3.63) is 65.2 Å². The maximum absolute atomic E-state index is 2.60. The summed E-state index contributed by atoms with van der Waals surface area (Å²) >= 11 is 0. The molecule has 0 unspecified atom stereocenters. The minimum absolute atomic E-state index is 0.289. The smallest absolute Gasteiger partial charge is 0.0363 e. The van der Waals surface area contributed by atoms with E-state index in [1.54, 1.807) is 0 Å². The number of likely N-dealkylation sites (N-methyl/N-ethyl adjacent to an activating group) is 1. The summed E-state index contributed by atoms with van der Waals surface area (Å²) in [4.78, 5) is 7.54. The van der Waals surface area contributed by atoms with Gasteiger partial charge in [0.1, 0.15) is 0 Å². The van der Waals surface area contributed by atoms with Gasteiger partial charge in [-0.15, -0.1) is 0 Å². The quantitative estimate of drug-likeness (QED) is 0.608. The summed E-state index contributed by atoms with van der Waals surface area (Å²) in [5.74, 6) is 0.588. The van der Waals surface area contributed by atoms with Gasteiger partial charge in [-0.05, 0) is 61.9 Å². The molecule has 1 fully saturated rings. The topological polar surface area (TPSA) is 9.72 Å². The Morgan fingerprint density at radius 1 is 0.833 bits per heavy atom. The van der Waals surface area contributed by atoms with Crippen molar-refractivity contribution in [1.82, 2.24) is 9.80 Å². The number of rotatable bonds is 7. The van der Waals surface area contributed by atoms with E-state index in [0.29, 0.717) is 5.92 Å². The summed E-state index contributed by atoms with van der Waals surface area (Å²) in [6, 6.07) is 18.3. The molecule has 164 valence electrons. The summed E-state index contributed by atoms with van der Waals surface area (Å²) in [5, 5.41) is 0. The molecule has 0 amide bonds. The van der Waals surface area contributed by atoms with Gasteiger partial charge in [-0.1, -0.05) is 50.2 Å². The molecule has 0 aromatic heterocycles. The van der Waals surface area contributed by atoms with E-state index in [2.05, 4.69) is 105 Å². The van der Waals surface area contributed by atoms with Gasteiger partial charge in [0.25, 0.3) is 0 Å². The van der Waals surface area contributed by atoms with Crippen molar-refractivity contribution in [2.45, 2.75) is 59.0 Å². The van der Waals surface area contributed by atoms with Crippen molar-refractivity contribution in [2.75, 3.05) is 44.7 Å². The lowest BCUT2D eigenvalue weighted by Crippen LogP contribution is -2.53. The molecule has 3 heteroatoms. The Kier molecular flexibility index (Phi) is 7.60. The van der Waals surface area contributed by atoms with E-state index < -0.39 is 0 Å². The molecule has 30 heavy (non-hydrogen) atoms. The van der Waals surface area contributed by atoms with E-state index in [-0.39, 0.29) is 5.54 Å². The minimum atomic E-state index is 0.289.